The lowest BCUT2D eigenvalue weighted by Gasteiger charge is -2.15. The molecular weight excluding hydrogens is 337 g/mol. The molecular formula is C14H16Cl3NO3. The number of carbonyl (C=O) groups is 1. The molecule has 0 heterocycles. The number of nitrogens with one attached hydrogen (secondary N) is 1. The molecule has 0 aromatic heterocycles. The molecule has 2 unspecified atom stereocenters. The van der Waals surface area contributed by atoms with Gasteiger partial charge in [0, 0.05) is 18.5 Å². The van der Waals surface area contributed by atoms with Gasteiger partial charge in [-0.2, -0.15) is 0 Å². The zero-order valence-electron chi connectivity index (χ0n) is 11.2. The summed E-state index contributed by atoms with van der Waals surface area (Å²) in [6, 6.07) is 2.94. The molecule has 1 aromatic rings. The van der Waals surface area contributed by atoms with Crippen LogP contribution >= 0.6 is 34.8 Å². The van der Waals surface area contributed by atoms with Gasteiger partial charge in [0.2, 0.25) is 0 Å². The van der Waals surface area contributed by atoms with Crippen molar-refractivity contribution in [2.75, 3.05) is 13.2 Å². The second kappa shape index (κ2) is 7.54. The first-order chi connectivity index (χ1) is 9.97. The fourth-order valence-corrected chi connectivity index (χ4v) is 2.90. The molecule has 21 heavy (non-hydrogen) atoms. The van der Waals surface area contributed by atoms with Crippen molar-refractivity contribution in [2.24, 2.45) is 5.92 Å². The molecule has 2 N–H and O–H groups in total. The van der Waals surface area contributed by atoms with Crippen LogP contribution in [-0.2, 0) is 4.79 Å². The summed E-state index contributed by atoms with van der Waals surface area (Å²) in [5.74, 6) is 0.167. The molecule has 0 aliphatic heterocycles. The van der Waals surface area contributed by atoms with E-state index in [0.717, 1.165) is 19.3 Å². The number of aliphatic hydroxyl groups is 1. The first-order valence-corrected chi connectivity index (χ1v) is 7.83. The van der Waals surface area contributed by atoms with Gasteiger partial charge in [-0.25, -0.2) is 0 Å². The van der Waals surface area contributed by atoms with Gasteiger partial charge in [-0.15, -0.1) is 0 Å². The lowest BCUT2D eigenvalue weighted by molar-refractivity contribution is -0.123. The summed E-state index contributed by atoms with van der Waals surface area (Å²) in [5, 5.41) is 13.4. The van der Waals surface area contributed by atoms with Crippen LogP contribution in [0.2, 0.25) is 15.1 Å². The van der Waals surface area contributed by atoms with Crippen LogP contribution in [0.5, 0.6) is 5.75 Å². The standard InChI is InChI=1S/C14H16Cl3NO3/c15-9-4-11(17)13(5-10(9)16)21-7-14(20)18-6-8-2-1-3-12(8)19/h4-5,8,12,19H,1-3,6-7H2,(H,18,20). The summed E-state index contributed by atoms with van der Waals surface area (Å²) in [6.45, 7) is 0.291. The largest absolute Gasteiger partial charge is 0.482 e. The highest BCUT2D eigenvalue weighted by atomic mass is 35.5. The molecule has 0 bridgehead atoms. The lowest BCUT2D eigenvalue weighted by Crippen LogP contribution is -2.35. The molecule has 4 nitrogen and oxygen atoms in total. The maximum atomic E-state index is 11.7. The average molecular weight is 353 g/mol. The SMILES string of the molecule is O=C(COc1cc(Cl)c(Cl)cc1Cl)NCC1CCCC1O. The minimum Gasteiger partial charge on any atom is -0.482 e. The third-order valence-electron chi connectivity index (χ3n) is 3.51. The lowest BCUT2D eigenvalue weighted by atomic mass is 10.1. The van der Waals surface area contributed by atoms with Crippen LogP contribution in [-0.4, -0.2) is 30.3 Å². The third-order valence-corrected chi connectivity index (χ3v) is 4.53. The number of amides is 1. The van der Waals surface area contributed by atoms with Gasteiger partial charge in [0.05, 0.1) is 21.2 Å². The third kappa shape index (κ3) is 4.65. The monoisotopic (exact) mass is 351 g/mol. The molecule has 116 valence electrons. The molecule has 0 spiro atoms. The smallest absolute Gasteiger partial charge is 0.257 e. The van der Waals surface area contributed by atoms with Crippen molar-refractivity contribution >= 4 is 40.7 Å². The topological polar surface area (TPSA) is 58.6 Å². The number of ether oxygens (including phenoxy) is 1. The predicted molar refractivity (Wildman–Crippen MR) is 83.3 cm³/mol. The van der Waals surface area contributed by atoms with E-state index in [4.69, 9.17) is 39.5 Å². The summed E-state index contributed by atoms with van der Waals surface area (Å²) in [7, 11) is 0. The highest BCUT2D eigenvalue weighted by Gasteiger charge is 2.25. The van der Waals surface area contributed by atoms with Gasteiger partial charge in [0.1, 0.15) is 5.75 Å². The van der Waals surface area contributed by atoms with E-state index in [1.54, 1.807) is 0 Å². The molecule has 1 saturated carbocycles. The quantitative estimate of drug-likeness (QED) is 0.799. The van der Waals surface area contributed by atoms with Crippen molar-refractivity contribution in [1.82, 2.24) is 5.32 Å². The van der Waals surface area contributed by atoms with Gasteiger partial charge in [-0.3, -0.25) is 4.79 Å². The molecule has 1 fully saturated rings. The Bertz CT molecular complexity index is 524. The van der Waals surface area contributed by atoms with Crippen molar-refractivity contribution in [3.8, 4) is 5.75 Å². The number of benzene rings is 1. The maximum absolute atomic E-state index is 11.7. The first kappa shape index (κ1) is 16.7. The van der Waals surface area contributed by atoms with Crippen LogP contribution in [0.4, 0.5) is 0 Å². The van der Waals surface area contributed by atoms with Crippen LogP contribution in [0.15, 0.2) is 12.1 Å². The van der Waals surface area contributed by atoms with Gasteiger partial charge >= 0.3 is 0 Å². The summed E-state index contributed by atoms with van der Waals surface area (Å²) in [4.78, 5) is 11.7. The molecule has 2 rings (SSSR count). The summed E-state index contributed by atoms with van der Waals surface area (Å²) in [5.41, 5.74) is 0. The number of rotatable bonds is 5. The molecule has 1 aliphatic rings. The summed E-state index contributed by atoms with van der Waals surface area (Å²) < 4.78 is 5.33. The van der Waals surface area contributed by atoms with Gasteiger partial charge in [-0.1, -0.05) is 41.2 Å². The van der Waals surface area contributed by atoms with Crippen LogP contribution in [0, 0.1) is 5.92 Å². The maximum Gasteiger partial charge on any atom is 0.257 e. The van der Waals surface area contributed by atoms with Gasteiger partial charge in [0.15, 0.2) is 6.61 Å². The predicted octanol–water partition coefficient (Wildman–Crippen LogP) is 3.30. The Morgan fingerprint density at radius 1 is 1.24 bits per heavy atom. The van der Waals surface area contributed by atoms with E-state index in [9.17, 15) is 9.90 Å². The molecule has 1 aliphatic carbocycles. The van der Waals surface area contributed by atoms with Crippen LogP contribution < -0.4 is 10.1 Å². The Morgan fingerprint density at radius 3 is 2.62 bits per heavy atom. The Hall–Kier alpha value is -0.680. The van der Waals surface area contributed by atoms with E-state index >= 15 is 0 Å². The van der Waals surface area contributed by atoms with E-state index in [1.807, 2.05) is 0 Å². The van der Waals surface area contributed by atoms with E-state index in [-0.39, 0.29) is 24.5 Å². The zero-order valence-corrected chi connectivity index (χ0v) is 13.5. The van der Waals surface area contributed by atoms with Gasteiger partial charge in [0.25, 0.3) is 5.91 Å². The Labute approximate surface area is 138 Å². The van der Waals surface area contributed by atoms with Crippen molar-refractivity contribution in [1.29, 1.82) is 0 Å². The Kier molecular flexibility index (Phi) is 5.99. The van der Waals surface area contributed by atoms with E-state index in [2.05, 4.69) is 5.32 Å². The van der Waals surface area contributed by atoms with Gasteiger partial charge < -0.3 is 15.2 Å². The number of carbonyl (C=O) groups excluding carboxylic acids is 1. The van der Waals surface area contributed by atoms with Crippen LogP contribution in [0.25, 0.3) is 0 Å². The van der Waals surface area contributed by atoms with E-state index in [0.29, 0.717) is 27.4 Å². The Balaban J connectivity index is 1.80. The molecule has 1 amide bonds. The van der Waals surface area contributed by atoms with Crippen molar-refractivity contribution in [3.63, 3.8) is 0 Å². The fraction of sp³-hybridized carbons (Fsp3) is 0.500. The zero-order chi connectivity index (χ0) is 15.4. The van der Waals surface area contributed by atoms with Gasteiger partial charge in [-0.05, 0) is 18.9 Å². The summed E-state index contributed by atoms with van der Waals surface area (Å²) in [6.07, 6.45) is 2.41. The fourth-order valence-electron chi connectivity index (χ4n) is 2.31. The second-order valence-corrected chi connectivity index (χ2v) is 6.27. The van der Waals surface area contributed by atoms with Crippen molar-refractivity contribution in [3.05, 3.63) is 27.2 Å². The van der Waals surface area contributed by atoms with E-state index < -0.39 is 0 Å². The summed E-state index contributed by atoms with van der Waals surface area (Å²) >= 11 is 17.6. The molecule has 7 heteroatoms. The van der Waals surface area contributed by atoms with Crippen LogP contribution in [0.1, 0.15) is 19.3 Å². The van der Waals surface area contributed by atoms with Crippen LogP contribution in [0.3, 0.4) is 0 Å². The minimum atomic E-state index is -0.323. The highest BCUT2D eigenvalue weighted by Crippen LogP contribution is 2.33. The molecule has 2 atom stereocenters. The number of hydrogen-bond acceptors (Lipinski definition) is 3. The average Bonchev–Trinajstić information content (AvgIpc) is 2.84. The van der Waals surface area contributed by atoms with E-state index in [1.165, 1.54) is 12.1 Å². The van der Waals surface area contributed by atoms with Crippen molar-refractivity contribution in [2.45, 2.75) is 25.4 Å². The number of halogens is 3. The molecule has 0 radical (unpaired) electrons. The molecule has 0 saturated heterocycles. The number of hydrogen-bond donors (Lipinski definition) is 2. The normalized spacial score (nSPS) is 21.3. The molecule has 1 aromatic carbocycles. The second-order valence-electron chi connectivity index (χ2n) is 5.05. The highest BCUT2D eigenvalue weighted by molar-refractivity contribution is 6.43. The Morgan fingerprint density at radius 2 is 1.95 bits per heavy atom. The van der Waals surface area contributed by atoms with Crippen molar-refractivity contribution < 1.29 is 14.6 Å². The number of aliphatic hydroxyl groups excluding tert-OH is 1. The minimum absolute atomic E-state index is 0.127. The first-order valence-electron chi connectivity index (χ1n) is 6.69.